The monoisotopic (exact) mass is 729 g/mol. The zero-order chi connectivity index (χ0) is 38.2. The quantitative estimate of drug-likeness (QED) is 0.0363. The summed E-state index contributed by atoms with van der Waals surface area (Å²) in [5.41, 5.74) is -1.96. The van der Waals surface area contributed by atoms with E-state index in [4.69, 9.17) is 24.1 Å². The van der Waals surface area contributed by atoms with Gasteiger partial charge in [0.2, 0.25) is 5.91 Å². The van der Waals surface area contributed by atoms with E-state index in [0.29, 0.717) is 30.9 Å². The number of methoxy groups -OCH3 is 1. The largest absolute Gasteiger partial charge is 0.481 e. The Kier molecular flexibility index (Phi) is 20.7. The van der Waals surface area contributed by atoms with Crippen LogP contribution in [0.5, 0.6) is 5.75 Å². The number of ether oxygens (including phenoxy) is 4. The summed E-state index contributed by atoms with van der Waals surface area (Å²) < 4.78 is 22.5. The lowest BCUT2D eigenvalue weighted by atomic mass is 9.81. The fraction of sp³-hybridized carbons (Fsp3) is 0.650. The van der Waals surface area contributed by atoms with Crippen molar-refractivity contribution in [3.63, 3.8) is 0 Å². The fourth-order valence-electron chi connectivity index (χ4n) is 6.27. The molecule has 3 atom stereocenters. The highest BCUT2D eigenvalue weighted by Crippen LogP contribution is 2.32. The second kappa shape index (κ2) is 24.3. The van der Waals surface area contributed by atoms with E-state index >= 15 is 0 Å². The molecule has 1 saturated heterocycles. The predicted octanol–water partition coefficient (Wildman–Crippen LogP) is 5.98. The molecule has 1 aromatic carbocycles. The average molecular weight is 730 g/mol. The molecule has 12 heteroatoms. The first-order valence-corrected chi connectivity index (χ1v) is 18.6. The third-order valence-corrected chi connectivity index (χ3v) is 9.25. The lowest BCUT2D eigenvalue weighted by molar-refractivity contribution is -0.168. The van der Waals surface area contributed by atoms with Gasteiger partial charge < -0.3 is 39.6 Å². The van der Waals surface area contributed by atoms with Crippen LogP contribution in [0.2, 0.25) is 0 Å². The van der Waals surface area contributed by atoms with Crippen LogP contribution in [0.1, 0.15) is 116 Å². The van der Waals surface area contributed by atoms with Crippen LogP contribution < -0.4 is 10.1 Å². The summed E-state index contributed by atoms with van der Waals surface area (Å²) >= 11 is 0. The van der Waals surface area contributed by atoms with E-state index in [1.807, 2.05) is 0 Å². The molecule has 2 rings (SSSR count). The smallest absolute Gasteiger partial charge is 0.336 e. The molecule has 1 aliphatic heterocycles. The van der Waals surface area contributed by atoms with Crippen LogP contribution in [0.3, 0.4) is 0 Å². The molecule has 1 aromatic rings. The van der Waals surface area contributed by atoms with Crippen molar-refractivity contribution >= 4 is 23.8 Å². The van der Waals surface area contributed by atoms with Crippen molar-refractivity contribution in [3.05, 3.63) is 42.0 Å². The first-order valence-electron chi connectivity index (χ1n) is 18.6. The number of carboxylic acids is 2. The van der Waals surface area contributed by atoms with Gasteiger partial charge in [-0.25, -0.2) is 9.59 Å². The molecule has 1 amide bonds. The lowest BCUT2D eigenvalue weighted by Gasteiger charge is -2.31. The number of benzene rings is 1. The summed E-state index contributed by atoms with van der Waals surface area (Å²) in [6.45, 7) is 5.36. The maximum Gasteiger partial charge on any atom is 0.336 e. The zero-order valence-corrected chi connectivity index (χ0v) is 31.2. The summed E-state index contributed by atoms with van der Waals surface area (Å²) in [5, 5.41) is 33.2. The molecule has 4 N–H and O–H groups in total. The number of hydrogen-bond acceptors (Lipinski definition) is 9. The summed E-state index contributed by atoms with van der Waals surface area (Å²) in [7, 11) is 1.17. The molecular weight excluding hydrogens is 670 g/mol. The van der Waals surface area contributed by atoms with E-state index in [2.05, 4.69) is 24.1 Å². The third kappa shape index (κ3) is 15.8. The Bertz CT molecular complexity index is 1330. The van der Waals surface area contributed by atoms with Crippen molar-refractivity contribution in [1.29, 1.82) is 0 Å². The number of hydrogen-bond donors (Lipinski definition) is 4. The molecule has 1 aliphatic rings. The van der Waals surface area contributed by atoms with Crippen molar-refractivity contribution in [3.8, 4) is 17.6 Å². The minimum atomic E-state index is -2.62. The first-order chi connectivity index (χ1) is 25.0. The van der Waals surface area contributed by atoms with Crippen LogP contribution >= 0.6 is 0 Å². The maximum absolute atomic E-state index is 13.7. The van der Waals surface area contributed by atoms with Gasteiger partial charge in [0.15, 0.2) is 11.4 Å². The average Bonchev–Trinajstić information content (AvgIpc) is 3.59. The van der Waals surface area contributed by atoms with Gasteiger partial charge in [0.1, 0.15) is 18.4 Å². The van der Waals surface area contributed by atoms with Crippen molar-refractivity contribution < 1.29 is 53.4 Å². The van der Waals surface area contributed by atoms with Crippen LogP contribution in [0.4, 0.5) is 0 Å². The molecule has 52 heavy (non-hydrogen) atoms. The number of aliphatic hydroxyl groups is 1. The maximum atomic E-state index is 13.7. The molecule has 0 aliphatic carbocycles. The Morgan fingerprint density at radius 2 is 1.60 bits per heavy atom. The van der Waals surface area contributed by atoms with Crippen LogP contribution in [0.15, 0.2) is 36.4 Å². The molecule has 0 aromatic heterocycles. The zero-order valence-electron chi connectivity index (χ0n) is 31.2. The minimum absolute atomic E-state index is 0.0185. The van der Waals surface area contributed by atoms with Crippen LogP contribution in [-0.2, 0) is 39.8 Å². The Morgan fingerprint density at radius 3 is 2.17 bits per heavy atom. The van der Waals surface area contributed by atoms with Gasteiger partial charge >= 0.3 is 17.9 Å². The van der Waals surface area contributed by atoms with Crippen molar-refractivity contribution in [2.75, 3.05) is 26.9 Å². The molecular formula is C40H59NO11. The number of esters is 1. The van der Waals surface area contributed by atoms with E-state index in [9.17, 15) is 29.4 Å². The third-order valence-electron chi connectivity index (χ3n) is 9.25. The second-order valence-corrected chi connectivity index (χ2v) is 13.3. The number of carbonyl (C=O) groups is 4. The Hall–Kier alpha value is -3.92. The summed E-state index contributed by atoms with van der Waals surface area (Å²) in [6.07, 6.45) is 13.6. The fourth-order valence-corrected chi connectivity index (χ4v) is 6.27. The minimum Gasteiger partial charge on any atom is -0.481 e. The van der Waals surface area contributed by atoms with E-state index in [0.717, 1.165) is 44.9 Å². The molecule has 290 valence electrons. The van der Waals surface area contributed by atoms with Gasteiger partial charge in [0, 0.05) is 25.7 Å². The van der Waals surface area contributed by atoms with Crippen molar-refractivity contribution in [1.82, 2.24) is 5.32 Å². The molecule has 1 heterocycles. The highest BCUT2D eigenvalue weighted by Gasteiger charge is 2.47. The van der Waals surface area contributed by atoms with Crippen molar-refractivity contribution in [2.45, 2.75) is 134 Å². The van der Waals surface area contributed by atoms with Gasteiger partial charge in [-0.3, -0.25) is 9.59 Å². The summed E-state index contributed by atoms with van der Waals surface area (Å²) in [6, 6.07) is 5.63. The van der Waals surface area contributed by atoms with Crippen LogP contribution in [-0.4, -0.2) is 83.5 Å². The van der Waals surface area contributed by atoms with Gasteiger partial charge in [0.25, 0.3) is 0 Å². The number of rotatable bonds is 27. The molecule has 0 unspecified atom stereocenters. The Balaban J connectivity index is 2.08. The molecule has 12 nitrogen and oxygen atoms in total. The molecule has 0 saturated carbocycles. The van der Waals surface area contributed by atoms with Gasteiger partial charge in [-0.05, 0) is 63.1 Å². The normalized spacial score (nSPS) is 15.9. The number of amides is 1. The second-order valence-electron chi connectivity index (χ2n) is 13.3. The molecule has 0 spiro atoms. The number of nitrogens with one attached hydrogen (secondary N) is 1. The molecule has 1 fully saturated rings. The number of carbonyl (C=O) groups excluding carboxylic acids is 2. The lowest BCUT2D eigenvalue weighted by Crippen LogP contribution is -2.54. The number of carboxylic acid groups (broad SMARTS) is 2. The van der Waals surface area contributed by atoms with Gasteiger partial charge in [-0.1, -0.05) is 75.7 Å². The molecule has 0 radical (unpaired) electrons. The van der Waals surface area contributed by atoms with Crippen LogP contribution in [0.25, 0.3) is 0 Å². The standard InChI is InChI=1S/C40H59NO11/c1-4-6-8-12-15-24-39(51-28-29-52-39)25-16-13-10-9-11-14-18-33(40(48,38(46)47)26-17-19-35(42)43)36(44)41-34(37(45)49-3)30-31-20-22-32(23-21-31)50-27-7-5-2/h14,18,20-23,33-34,48H,4,6,8-13,15-17,19,24-30H2,1-3H3,(H,41,44)(H,42,43)(H,46,47)/t33-,34+,40+/m1/s1. The Morgan fingerprint density at radius 1 is 0.962 bits per heavy atom. The molecule has 0 bridgehead atoms. The number of unbranched alkanes of at least 4 members (excludes halogenated alkanes) is 8. The van der Waals surface area contributed by atoms with Gasteiger partial charge in [-0.2, -0.15) is 0 Å². The van der Waals surface area contributed by atoms with Gasteiger partial charge in [0.05, 0.1) is 26.2 Å². The van der Waals surface area contributed by atoms with Crippen molar-refractivity contribution in [2.24, 2.45) is 5.92 Å². The highest BCUT2D eigenvalue weighted by molar-refractivity contribution is 5.92. The first kappa shape index (κ1) is 44.2. The number of aliphatic carboxylic acids is 2. The predicted molar refractivity (Wildman–Crippen MR) is 195 cm³/mol. The number of allylic oxidation sites excluding steroid dienone is 1. The topological polar surface area (TPSA) is 178 Å². The summed E-state index contributed by atoms with van der Waals surface area (Å²) in [4.78, 5) is 50.1. The van der Waals surface area contributed by atoms with E-state index in [1.54, 1.807) is 37.3 Å². The highest BCUT2D eigenvalue weighted by atomic mass is 16.7. The van der Waals surface area contributed by atoms with E-state index < -0.39 is 53.6 Å². The SMILES string of the molecule is CC#CCOc1ccc(C[C@H](NC(=O)[C@@H](C=CCCCCCCC2(CCCCCCC)OCCO2)[C@@](O)(CCCC(=O)O)C(=O)O)C(=O)OC)cc1. The Labute approximate surface area is 308 Å². The summed E-state index contributed by atoms with van der Waals surface area (Å²) in [5.74, 6) is -0.484. The van der Waals surface area contributed by atoms with E-state index in [1.165, 1.54) is 38.9 Å². The van der Waals surface area contributed by atoms with E-state index in [-0.39, 0.29) is 25.9 Å². The van der Waals surface area contributed by atoms with Crippen LogP contribution in [0, 0.1) is 17.8 Å². The van der Waals surface area contributed by atoms with Gasteiger partial charge in [-0.15, -0.1) is 5.92 Å².